The maximum atomic E-state index is 11.8. The zero-order valence-corrected chi connectivity index (χ0v) is 13.4. The Labute approximate surface area is 134 Å². The second-order valence-electron chi connectivity index (χ2n) is 5.29. The molecule has 2 rings (SSSR count). The number of carbonyl (C=O) groups is 2. The number of aromatic amines is 1. The summed E-state index contributed by atoms with van der Waals surface area (Å²) < 4.78 is 5.04. The summed E-state index contributed by atoms with van der Waals surface area (Å²) in [6.45, 7) is 7.95. The van der Waals surface area contributed by atoms with Crippen molar-refractivity contribution in [3.63, 3.8) is 0 Å². The Morgan fingerprint density at radius 1 is 1.39 bits per heavy atom. The number of carbonyl (C=O) groups excluding carboxylic acids is 2. The highest BCUT2D eigenvalue weighted by atomic mass is 16.5. The van der Waals surface area contributed by atoms with Gasteiger partial charge < -0.3 is 15.0 Å². The topological polar surface area (TPSA) is 84.1 Å². The van der Waals surface area contributed by atoms with Gasteiger partial charge in [0.05, 0.1) is 17.6 Å². The molecule has 0 bridgehead atoms. The third kappa shape index (κ3) is 4.42. The molecular formula is C17H21N3O3. The van der Waals surface area contributed by atoms with Crippen molar-refractivity contribution in [3.05, 3.63) is 41.7 Å². The molecule has 1 aromatic carbocycles. The van der Waals surface area contributed by atoms with Crippen LogP contribution in [-0.2, 0) is 16.0 Å². The lowest BCUT2D eigenvalue weighted by Crippen LogP contribution is -2.22. The minimum Gasteiger partial charge on any atom is -0.462 e. The molecule has 0 atom stereocenters. The van der Waals surface area contributed by atoms with Crippen molar-refractivity contribution in [3.8, 4) is 0 Å². The van der Waals surface area contributed by atoms with E-state index in [1.807, 2.05) is 13.0 Å². The van der Waals surface area contributed by atoms with Crippen LogP contribution in [0.15, 0.2) is 30.4 Å². The molecule has 0 saturated carbocycles. The van der Waals surface area contributed by atoms with Crippen molar-refractivity contribution in [2.45, 2.75) is 26.7 Å². The monoisotopic (exact) mass is 315 g/mol. The van der Waals surface area contributed by atoms with Crippen LogP contribution in [-0.4, -0.2) is 35.0 Å². The van der Waals surface area contributed by atoms with Crippen molar-refractivity contribution < 1.29 is 14.3 Å². The summed E-state index contributed by atoms with van der Waals surface area (Å²) in [6, 6.07) is 5.37. The van der Waals surface area contributed by atoms with Crippen LogP contribution < -0.4 is 5.32 Å². The number of benzene rings is 1. The normalized spacial score (nSPS) is 10.5. The average Bonchev–Trinajstić information content (AvgIpc) is 2.93. The van der Waals surface area contributed by atoms with Crippen LogP contribution in [0.25, 0.3) is 11.0 Å². The van der Waals surface area contributed by atoms with E-state index in [0.717, 1.165) is 16.9 Å². The molecule has 0 aliphatic carbocycles. The van der Waals surface area contributed by atoms with Crippen molar-refractivity contribution in [2.75, 3.05) is 13.2 Å². The van der Waals surface area contributed by atoms with E-state index in [1.54, 1.807) is 19.1 Å². The van der Waals surface area contributed by atoms with Crippen molar-refractivity contribution >= 4 is 22.9 Å². The van der Waals surface area contributed by atoms with Gasteiger partial charge in [-0.25, -0.2) is 9.78 Å². The summed E-state index contributed by atoms with van der Waals surface area (Å²) in [7, 11) is 0. The molecule has 1 aromatic heterocycles. The van der Waals surface area contributed by atoms with Crippen LogP contribution in [0.1, 0.15) is 36.5 Å². The van der Waals surface area contributed by atoms with E-state index in [2.05, 4.69) is 21.9 Å². The lowest BCUT2D eigenvalue weighted by molar-refractivity contribution is -0.139. The minimum atomic E-state index is -0.374. The maximum Gasteiger partial charge on any atom is 0.333 e. The van der Waals surface area contributed by atoms with Crippen LogP contribution in [0, 0.1) is 0 Å². The predicted molar refractivity (Wildman–Crippen MR) is 88.2 cm³/mol. The fourth-order valence-corrected chi connectivity index (χ4v) is 2.11. The van der Waals surface area contributed by atoms with Crippen LogP contribution in [0.4, 0.5) is 0 Å². The van der Waals surface area contributed by atoms with Crippen LogP contribution in [0.5, 0.6) is 0 Å². The number of imidazole rings is 1. The summed E-state index contributed by atoms with van der Waals surface area (Å²) in [6.07, 6.45) is 1.33. The Hall–Kier alpha value is -2.63. The molecule has 23 heavy (non-hydrogen) atoms. The molecule has 122 valence electrons. The van der Waals surface area contributed by atoms with E-state index < -0.39 is 0 Å². The summed E-state index contributed by atoms with van der Waals surface area (Å²) in [5.74, 6) is 0.331. The zero-order chi connectivity index (χ0) is 16.8. The number of nitrogens with one attached hydrogen (secondary N) is 2. The van der Waals surface area contributed by atoms with Gasteiger partial charge >= 0.3 is 5.97 Å². The quantitative estimate of drug-likeness (QED) is 0.467. The van der Waals surface area contributed by atoms with Gasteiger partial charge in [0.1, 0.15) is 5.82 Å². The number of hydrogen-bond donors (Lipinski definition) is 2. The molecule has 2 N–H and O–H groups in total. The second-order valence-corrected chi connectivity index (χ2v) is 5.29. The Balaban J connectivity index is 1.96. The number of fused-ring (bicyclic) bond motifs is 1. The highest BCUT2D eigenvalue weighted by molar-refractivity contribution is 5.97. The summed E-state index contributed by atoms with van der Waals surface area (Å²) in [5, 5.41) is 2.77. The Kier molecular flexibility index (Phi) is 5.51. The number of H-pyrrole nitrogens is 1. The molecule has 0 fully saturated rings. The third-order valence-electron chi connectivity index (χ3n) is 3.27. The lowest BCUT2D eigenvalue weighted by Gasteiger charge is -2.02. The highest BCUT2D eigenvalue weighted by Crippen LogP contribution is 2.15. The molecule has 6 nitrogen and oxygen atoms in total. The number of hydrogen-bond acceptors (Lipinski definition) is 4. The number of rotatable bonds is 7. The van der Waals surface area contributed by atoms with E-state index in [4.69, 9.17) is 4.74 Å². The predicted octanol–water partition coefficient (Wildman–Crippen LogP) is 2.36. The van der Waals surface area contributed by atoms with Gasteiger partial charge in [-0.3, -0.25) is 4.79 Å². The van der Waals surface area contributed by atoms with Gasteiger partial charge in [-0.2, -0.15) is 0 Å². The zero-order valence-electron chi connectivity index (χ0n) is 13.4. The van der Waals surface area contributed by atoms with Crippen molar-refractivity contribution in [1.29, 1.82) is 0 Å². The smallest absolute Gasteiger partial charge is 0.333 e. The lowest BCUT2D eigenvalue weighted by atomic mass is 10.2. The first-order valence-corrected chi connectivity index (χ1v) is 7.60. The summed E-state index contributed by atoms with van der Waals surface area (Å²) >= 11 is 0. The van der Waals surface area contributed by atoms with Gasteiger partial charge in [-0.05, 0) is 38.5 Å². The fourth-order valence-electron chi connectivity index (χ4n) is 2.11. The van der Waals surface area contributed by atoms with Crippen LogP contribution in [0.2, 0.25) is 0 Å². The Morgan fingerprint density at radius 2 is 2.17 bits per heavy atom. The number of amides is 1. The molecule has 0 unspecified atom stereocenters. The first-order valence-electron chi connectivity index (χ1n) is 7.60. The molecule has 0 saturated heterocycles. The van der Waals surface area contributed by atoms with Gasteiger partial charge in [-0.1, -0.05) is 6.58 Å². The van der Waals surface area contributed by atoms with Gasteiger partial charge in [0.2, 0.25) is 0 Å². The van der Waals surface area contributed by atoms with Crippen molar-refractivity contribution in [2.24, 2.45) is 0 Å². The molecule has 0 spiro atoms. The number of aryl methyl sites for hydroxylation is 1. The fraction of sp³-hybridized carbons (Fsp3) is 0.353. The number of ether oxygens (including phenoxy) is 1. The maximum absolute atomic E-state index is 11.8. The average molecular weight is 315 g/mol. The molecule has 2 aromatic rings. The summed E-state index contributed by atoms with van der Waals surface area (Å²) in [4.78, 5) is 30.8. The third-order valence-corrected chi connectivity index (χ3v) is 3.27. The van der Waals surface area contributed by atoms with E-state index in [1.165, 1.54) is 0 Å². The molecule has 0 radical (unpaired) electrons. The van der Waals surface area contributed by atoms with Gasteiger partial charge in [0.15, 0.2) is 0 Å². The van der Waals surface area contributed by atoms with E-state index in [0.29, 0.717) is 37.1 Å². The van der Waals surface area contributed by atoms with Gasteiger partial charge in [0, 0.05) is 24.1 Å². The molecule has 0 aliphatic heterocycles. The second kappa shape index (κ2) is 7.58. The minimum absolute atomic E-state index is 0.0998. The van der Waals surface area contributed by atoms with Crippen molar-refractivity contribution in [1.82, 2.24) is 15.3 Å². The van der Waals surface area contributed by atoms with E-state index in [-0.39, 0.29) is 11.9 Å². The number of esters is 1. The van der Waals surface area contributed by atoms with Crippen LogP contribution in [0.3, 0.4) is 0 Å². The highest BCUT2D eigenvalue weighted by Gasteiger charge is 2.09. The largest absolute Gasteiger partial charge is 0.462 e. The molecule has 1 amide bonds. The Morgan fingerprint density at radius 3 is 2.87 bits per heavy atom. The molecular weight excluding hydrogens is 294 g/mol. The number of nitrogens with zero attached hydrogens (tertiary/aromatic N) is 1. The molecule has 0 aliphatic rings. The Bertz CT molecular complexity index is 734. The summed E-state index contributed by atoms with van der Waals surface area (Å²) in [5.41, 5.74) is 2.63. The molecule has 1 heterocycles. The standard InChI is InChI=1S/C17H21N3O3/c1-4-18-16(21)12-7-8-13-14(10-12)20-15(19-13)6-5-9-23-17(22)11(2)3/h7-8,10H,2,4-6,9H2,1,3H3,(H,18,21)(H,19,20). The van der Waals surface area contributed by atoms with Gasteiger partial charge in [0.25, 0.3) is 5.91 Å². The molecule has 6 heteroatoms. The first-order chi connectivity index (χ1) is 11.0. The SMILES string of the molecule is C=C(C)C(=O)OCCCc1nc2ccc(C(=O)NCC)cc2[nH]1. The number of aromatic nitrogens is 2. The van der Waals surface area contributed by atoms with Crippen LogP contribution >= 0.6 is 0 Å². The van der Waals surface area contributed by atoms with E-state index in [9.17, 15) is 9.59 Å². The first kappa shape index (κ1) is 16.7. The van der Waals surface area contributed by atoms with E-state index >= 15 is 0 Å². The van der Waals surface area contributed by atoms with Gasteiger partial charge in [-0.15, -0.1) is 0 Å².